The van der Waals surface area contributed by atoms with Gasteiger partial charge in [0.15, 0.2) is 5.69 Å². The van der Waals surface area contributed by atoms with Gasteiger partial charge in [-0.15, -0.1) is 0 Å². The molecule has 0 radical (unpaired) electrons. The van der Waals surface area contributed by atoms with E-state index in [1.807, 2.05) is 28.9 Å². The summed E-state index contributed by atoms with van der Waals surface area (Å²) < 4.78 is 13.4. The van der Waals surface area contributed by atoms with E-state index in [0.29, 0.717) is 35.6 Å². The van der Waals surface area contributed by atoms with Crippen molar-refractivity contribution in [2.45, 2.75) is 26.2 Å². The molecule has 0 N–H and O–H groups in total. The van der Waals surface area contributed by atoms with E-state index in [1.54, 1.807) is 6.07 Å². The fraction of sp³-hybridized carbons (Fsp3) is 0.190. The van der Waals surface area contributed by atoms with E-state index < -0.39 is 0 Å². The number of fused-ring (bicyclic) bond motifs is 1. The van der Waals surface area contributed by atoms with Crippen LogP contribution in [-0.4, -0.2) is 19.9 Å². The predicted octanol–water partition coefficient (Wildman–Crippen LogP) is 4.83. The fourth-order valence-electron chi connectivity index (χ4n) is 3.29. The van der Waals surface area contributed by atoms with Crippen LogP contribution in [0.3, 0.4) is 0 Å². The Labute approximate surface area is 166 Å². The Morgan fingerprint density at radius 3 is 2.75 bits per heavy atom. The third-order valence-electron chi connectivity index (χ3n) is 4.84. The van der Waals surface area contributed by atoms with Gasteiger partial charge in [-0.2, -0.15) is 10.1 Å². The topological polar surface area (TPSA) is 66.0 Å². The van der Waals surface area contributed by atoms with Crippen molar-refractivity contribution in [1.82, 2.24) is 19.9 Å². The molecule has 0 saturated carbocycles. The van der Waals surface area contributed by atoms with Crippen molar-refractivity contribution in [2.75, 3.05) is 0 Å². The zero-order valence-electron chi connectivity index (χ0n) is 15.2. The van der Waals surface area contributed by atoms with Crippen LogP contribution in [0.4, 0.5) is 0 Å². The summed E-state index contributed by atoms with van der Waals surface area (Å²) in [7, 11) is 0. The summed E-state index contributed by atoms with van der Waals surface area (Å²) in [6.07, 6.45) is -0.0257. The van der Waals surface area contributed by atoms with Crippen LogP contribution in [0.5, 0.6) is 0 Å². The van der Waals surface area contributed by atoms with Crippen LogP contribution >= 0.6 is 11.6 Å². The van der Waals surface area contributed by atoms with Crippen molar-refractivity contribution < 1.29 is 9.26 Å². The van der Waals surface area contributed by atoms with E-state index in [-0.39, 0.29) is 6.10 Å². The molecule has 0 bridgehead atoms. The maximum atomic E-state index is 6.22. The van der Waals surface area contributed by atoms with E-state index in [9.17, 15) is 0 Å². The minimum atomic E-state index is -0.0257. The summed E-state index contributed by atoms with van der Waals surface area (Å²) >= 11 is 6.22. The number of benzene rings is 2. The standard InChI is InChI=1S/C21H17ClN4O2/c1-13-6-8-14(9-7-13)19-11-26-15(12-27-19)10-18(24-26)21-23-20(25-28-21)16-4-2-3-5-17(16)22/h2-10,19H,11-12H2,1H3/t19-/m0/s1. The maximum absolute atomic E-state index is 6.22. The first-order valence-electron chi connectivity index (χ1n) is 9.01. The number of rotatable bonds is 3. The van der Waals surface area contributed by atoms with Gasteiger partial charge in [0.1, 0.15) is 6.10 Å². The normalized spacial score (nSPS) is 16.1. The molecule has 0 fully saturated rings. The van der Waals surface area contributed by atoms with Crippen LogP contribution in [0, 0.1) is 6.92 Å². The van der Waals surface area contributed by atoms with E-state index in [1.165, 1.54) is 5.56 Å². The summed E-state index contributed by atoms with van der Waals surface area (Å²) in [5, 5.41) is 9.28. The largest absolute Gasteiger partial charge is 0.365 e. The zero-order chi connectivity index (χ0) is 19.1. The fourth-order valence-corrected chi connectivity index (χ4v) is 3.51. The van der Waals surface area contributed by atoms with E-state index >= 15 is 0 Å². The lowest BCUT2D eigenvalue weighted by Gasteiger charge is -2.24. The van der Waals surface area contributed by atoms with Gasteiger partial charge in [0.05, 0.1) is 23.9 Å². The van der Waals surface area contributed by atoms with Gasteiger partial charge in [-0.3, -0.25) is 4.68 Å². The predicted molar refractivity (Wildman–Crippen MR) is 105 cm³/mol. The van der Waals surface area contributed by atoms with E-state index in [0.717, 1.165) is 16.8 Å². The Bertz CT molecular complexity index is 1130. The zero-order valence-corrected chi connectivity index (χ0v) is 15.9. The van der Waals surface area contributed by atoms with Gasteiger partial charge >= 0.3 is 0 Å². The van der Waals surface area contributed by atoms with Gasteiger partial charge in [-0.25, -0.2) is 0 Å². The molecule has 0 amide bonds. The van der Waals surface area contributed by atoms with Crippen LogP contribution in [0.15, 0.2) is 59.1 Å². The second-order valence-electron chi connectivity index (χ2n) is 6.82. The van der Waals surface area contributed by atoms with Crippen molar-refractivity contribution in [3.8, 4) is 23.0 Å². The van der Waals surface area contributed by atoms with Crippen LogP contribution in [-0.2, 0) is 17.9 Å². The Kier molecular flexibility index (Phi) is 4.22. The van der Waals surface area contributed by atoms with Crippen molar-refractivity contribution in [3.63, 3.8) is 0 Å². The summed E-state index contributed by atoms with van der Waals surface area (Å²) in [4.78, 5) is 4.46. The number of aryl methyl sites for hydroxylation is 1. The molecule has 1 aliphatic heterocycles. The lowest BCUT2D eigenvalue weighted by molar-refractivity contribution is -0.00113. The molecule has 2 aromatic heterocycles. The Hall–Kier alpha value is -2.96. The molecule has 0 aliphatic carbocycles. The minimum absolute atomic E-state index is 0.0257. The molecule has 0 saturated heterocycles. The van der Waals surface area contributed by atoms with Crippen molar-refractivity contribution in [1.29, 1.82) is 0 Å². The first kappa shape index (κ1) is 17.2. The molecule has 3 heterocycles. The molecule has 0 unspecified atom stereocenters. The second kappa shape index (κ2) is 6.89. The van der Waals surface area contributed by atoms with Crippen LogP contribution in [0.1, 0.15) is 22.9 Å². The number of nitrogens with zero attached hydrogens (tertiary/aromatic N) is 4. The highest BCUT2D eigenvalue weighted by molar-refractivity contribution is 6.33. The Balaban J connectivity index is 1.41. The van der Waals surface area contributed by atoms with Crippen molar-refractivity contribution in [2.24, 2.45) is 0 Å². The quantitative estimate of drug-likeness (QED) is 0.499. The summed E-state index contributed by atoms with van der Waals surface area (Å²) in [5.74, 6) is 0.809. The first-order chi connectivity index (χ1) is 13.7. The monoisotopic (exact) mass is 392 g/mol. The Morgan fingerprint density at radius 2 is 1.93 bits per heavy atom. The molecular formula is C21H17ClN4O2. The average Bonchev–Trinajstić information content (AvgIpc) is 3.35. The van der Waals surface area contributed by atoms with Crippen molar-refractivity contribution in [3.05, 3.63) is 76.4 Å². The molecule has 6 nitrogen and oxygen atoms in total. The average molecular weight is 393 g/mol. The highest BCUT2D eigenvalue weighted by Gasteiger charge is 2.24. The molecule has 140 valence electrons. The Morgan fingerprint density at radius 1 is 1.11 bits per heavy atom. The maximum Gasteiger partial charge on any atom is 0.278 e. The number of hydrogen-bond donors (Lipinski definition) is 0. The number of halogens is 1. The molecule has 1 aliphatic rings. The lowest BCUT2D eigenvalue weighted by Crippen LogP contribution is -2.21. The number of aromatic nitrogens is 4. The smallest absolute Gasteiger partial charge is 0.278 e. The third-order valence-corrected chi connectivity index (χ3v) is 5.17. The molecule has 4 aromatic rings. The van der Waals surface area contributed by atoms with Gasteiger partial charge in [0.25, 0.3) is 5.89 Å². The first-order valence-corrected chi connectivity index (χ1v) is 9.39. The second-order valence-corrected chi connectivity index (χ2v) is 7.22. The number of hydrogen-bond acceptors (Lipinski definition) is 5. The third kappa shape index (κ3) is 3.10. The van der Waals surface area contributed by atoms with Crippen LogP contribution < -0.4 is 0 Å². The minimum Gasteiger partial charge on any atom is -0.365 e. The highest BCUT2D eigenvalue weighted by Crippen LogP contribution is 2.30. The van der Waals surface area contributed by atoms with E-state index in [2.05, 4.69) is 46.4 Å². The van der Waals surface area contributed by atoms with Gasteiger partial charge in [0.2, 0.25) is 5.82 Å². The molecule has 1 atom stereocenters. The molecular weight excluding hydrogens is 376 g/mol. The molecule has 28 heavy (non-hydrogen) atoms. The van der Waals surface area contributed by atoms with Crippen molar-refractivity contribution >= 4 is 11.6 Å². The summed E-state index contributed by atoms with van der Waals surface area (Å²) in [6.45, 7) is 3.20. The SMILES string of the molecule is Cc1ccc([C@@H]2Cn3nc(-c4nc(-c5ccccc5Cl)no4)cc3CO2)cc1. The van der Waals surface area contributed by atoms with Gasteiger partial charge in [0, 0.05) is 5.56 Å². The molecule has 0 spiro atoms. The lowest BCUT2D eigenvalue weighted by atomic mass is 10.1. The van der Waals surface area contributed by atoms with Crippen LogP contribution in [0.2, 0.25) is 5.02 Å². The van der Waals surface area contributed by atoms with Gasteiger partial charge in [-0.05, 0) is 30.7 Å². The van der Waals surface area contributed by atoms with Crippen LogP contribution in [0.25, 0.3) is 23.0 Å². The van der Waals surface area contributed by atoms with E-state index in [4.69, 9.17) is 20.9 Å². The molecule has 2 aromatic carbocycles. The summed E-state index contributed by atoms with van der Waals surface area (Å²) in [5.41, 5.74) is 4.72. The summed E-state index contributed by atoms with van der Waals surface area (Å²) in [6, 6.07) is 17.7. The molecule has 5 rings (SSSR count). The number of ether oxygens (including phenoxy) is 1. The molecule has 7 heteroatoms. The highest BCUT2D eigenvalue weighted by atomic mass is 35.5. The van der Waals surface area contributed by atoms with Gasteiger partial charge < -0.3 is 9.26 Å². The van der Waals surface area contributed by atoms with Gasteiger partial charge in [-0.1, -0.05) is 58.7 Å².